The molecule has 1 unspecified atom stereocenters. The van der Waals surface area contributed by atoms with E-state index in [0.717, 1.165) is 25.7 Å². The predicted molar refractivity (Wildman–Crippen MR) is 106 cm³/mol. The molecular formula is C18H36N2O7P+. The Hall–Kier alpha value is -1.28. The predicted octanol–water partition coefficient (Wildman–Crippen LogP) is 3.54. The van der Waals surface area contributed by atoms with Crippen LogP contribution in [0.5, 0.6) is 0 Å². The molecule has 0 saturated carbocycles. The molecule has 0 aliphatic rings. The van der Waals surface area contributed by atoms with E-state index in [9.17, 15) is 19.0 Å². The third-order valence-corrected chi connectivity index (χ3v) is 4.49. The monoisotopic (exact) mass is 423 g/mol. The van der Waals surface area contributed by atoms with Crippen LogP contribution in [0.4, 0.5) is 4.79 Å². The fourth-order valence-corrected chi connectivity index (χ4v) is 3.03. The van der Waals surface area contributed by atoms with Crippen molar-refractivity contribution in [1.82, 2.24) is 10.2 Å². The minimum atomic E-state index is -2.91. The summed E-state index contributed by atoms with van der Waals surface area (Å²) in [6.07, 6.45) is 3.29. The highest BCUT2D eigenvalue weighted by atomic mass is 31.1. The SMILES string of the molecule is CCCC(CCC)COC(=O)[C@H](C)N(OCCNC(=O)OC(C)(C)C)[P+](=O)O. The van der Waals surface area contributed by atoms with Gasteiger partial charge in [-0.2, -0.15) is 0 Å². The van der Waals surface area contributed by atoms with Gasteiger partial charge in [0.05, 0.1) is 18.0 Å². The van der Waals surface area contributed by atoms with Gasteiger partial charge in [-0.3, -0.25) is 9.63 Å². The van der Waals surface area contributed by atoms with E-state index in [1.54, 1.807) is 20.8 Å². The Morgan fingerprint density at radius 1 is 1.18 bits per heavy atom. The molecule has 2 N–H and O–H groups in total. The molecule has 1 amide bonds. The van der Waals surface area contributed by atoms with Crippen LogP contribution >= 0.6 is 8.18 Å². The lowest BCUT2D eigenvalue weighted by atomic mass is 9.99. The normalized spacial score (nSPS) is 13.4. The minimum Gasteiger partial charge on any atom is -0.464 e. The summed E-state index contributed by atoms with van der Waals surface area (Å²) in [4.78, 5) is 39.1. The van der Waals surface area contributed by atoms with Crippen molar-refractivity contribution < 1.29 is 33.4 Å². The van der Waals surface area contributed by atoms with Crippen molar-refractivity contribution in [3.05, 3.63) is 0 Å². The van der Waals surface area contributed by atoms with E-state index < -0.39 is 31.9 Å². The zero-order valence-corrected chi connectivity index (χ0v) is 18.8. The molecular weight excluding hydrogens is 387 g/mol. The first-order valence-corrected chi connectivity index (χ1v) is 10.9. The number of carbonyl (C=O) groups is 2. The Kier molecular flexibility index (Phi) is 13.2. The second kappa shape index (κ2) is 13.8. The first-order chi connectivity index (χ1) is 13.0. The maximum absolute atomic E-state index is 12.2. The number of nitrogens with zero attached hydrogens (tertiary/aromatic N) is 1. The Morgan fingerprint density at radius 2 is 1.75 bits per heavy atom. The molecule has 0 aromatic heterocycles. The number of rotatable bonds is 13. The molecule has 164 valence electrons. The van der Waals surface area contributed by atoms with E-state index in [4.69, 9.17) is 14.3 Å². The van der Waals surface area contributed by atoms with Gasteiger partial charge in [0.25, 0.3) is 0 Å². The molecule has 0 rings (SSSR count). The molecule has 9 nitrogen and oxygen atoms in total. The van der Waals surface area contributed by atoms with Crippen LogP contribution in [0.25, 0.3) is 0 Å². The Labute approximate surface area is 169 Å². The molecule has 10 heteroatoms. The molecule has 28 heavy (non-hydrogen) atoms. The van der Waals surface area contributed by atoms with Gasteiger partial charge in [0.15, 0.2) is 6.04 Å². The highest BCUT2D eigenvalue weighted by Gasteiger charge is 2.39. The first kappa shape index (κ1) is 26.7. The highest BCUT2D eigenvalue weighted by Crippen LogP contribution is 2.26. The van der Waals surface area contributed by atoms with Crippen LogP contribution in [-0.2, 0) is 23.7 Å². The fraction of sp³-hybridized carbons (Fsp3) is 0.889. The number of hydroxylamine groups is 1. The molecule has 0 aliphatic heterocycles. The number of hydrogen-bond donors (Lipinski definition) is 2. The maximum atomic E-state index is 12.2. The highest BCUT2D eigenvalue weighted by molar-refractivity contribution is 7.35. The maximum Gasteiger partial charge on any atom is 0.640 e. The van der Waals surface area contributed by atoms with Crippen molar-refractivity contribution in [3.8, 4) is 0 Å². The molecule has 0 saturated heterocycles. The number of ether oxygens (including phenoxy) is 2. The molecule has 0 heterocycles. The molecule has 0 fully saturated rings. The van der Waals surface area contributed by atoms with Gasteiger partial charge < -0.3 is 14.8 Å². The van der Waals surface area contributed by atoms with Crippen LogP contribution in [-0.4, -0.2) is 53.2 Å². The van der Waals surface area contributed by atoms with Crippen molar-refractivity contribution in [3.63, 3.8) is 0 Å². The van der Waals surface area contributed by atoms with Crippen LogP contribution in [0.1, 0.15) is 67.2 Å². The summed E-state index contributed by atoms with van der Waals surface area (Å²) in [6.45, 7) is 11.0. The Balaban J connectivity index is 4.47. The van der Waals surface area contributed by atoms with Crippen LogP contribution in [0.3, 0.4) is 0 Å². The van der Waals surface area contributed by atoms with Gasteiger partial charge in [-0.25, -0.2) is 4.79 Å². The van der Waals surface area contributed by atoms with Crippen LogP contribution < -0.4 is 5.32 Å². The molecule has 2 atom stereocenters. The zero-order chi connectivity index (χ0) is 21.7. The quantitative estimate of drug-likeness (QED) is 0.200. The smallest absolute Gasteiger partial charge is 0.464 e. The van der Waals surface area contributed by atoms with Gasteiger partial charge in [-0.15, -0.1) is 4.89 Å². The van der Waals surface area contributed by atoms with E-state index in [-0.39, 0.29) is 25.7 Å². The van der Waals surface area contributed by atoms with E-state index >= 15 is 0 Å². The summed E-state index contributed by atoms with van der Waals surface area (Å²) in [7, 11) is -2.91. The number of esters is 1. The summed E-state index contributed by atoms with van der Waals surface area (Å²) >= 11 is 0. The van der Waals surface area contributed by atoms with Gasteiger partial charge in [-0.05, 0) is 51.0 Å². The van der Waals surface area contributed by atoms with E-state index in [2.05, 4.69) is 19.2 Å². The summed E-state index contributed by atoms with van der Waals surface area (Å²) in [5, 5.41) is 2.46. The Morgan fingerprint density at radius 3 is 2.21 bits per heavy atom. The summed E-state index contributed by atoms with van der Waals surface area (Å²) in [5.74, 6) is -0.351. The van der Waals surface area contributed by atoms with E-state index in [1.807, 2.05) is 0 Å². The molecule has 0 aromatic rings. The average molecular weight is 423 g/mol. The van der Waals surface area contributed by atoms with Crippen molar-refractivity contribution in [2.45, 2.75) is 78.9 Å². The first-order valence-electron chi connectivity index (χ1n) is 9.73. The van der Waals surface area contributed by atoms with Gasteiger partial charge >= 0.3 is 20.2 Å². The van der Waals surface area contributed by atoms with Crippen LogP contribution in [0, 0.1) is 5.92 Å². The minimum absolute atomic E-state index is 0.0471. The van der Waals surface area contributed by atoms with Gasteiger partial charge in [0.2, 0.25) is 0 Å². The largest absolute Gasteiger partial charge is 0.640 e. The second-order valence-electron chi connectivity index (χ2n) is 7.57. The lowest BCUT2D eigenvalue weighted by Crippen LogP contribution is -2.39. The van der Waals surface area contributed by atoms with Crippen LogP contribution in [0.15, 0.2) is 0 Å². The van der Waals surface area contributed by atoms with Crippen molar-refractivity contribution in [2.24, 2.45) is 5.92 Å². The summed E-state index contributed by atoms with van der Waals surface area (Å²) in [5.41, 5.74) is -0.628. The van der Waals surface area contributed by atoms with Gasteiger partial charge in [-0.1, -0.05) is 26.7 Å². The number of alkyl carbamates (subject to hydrolysis) is 1. The van der Waals surface area contributed by atoms with Gasteiger partial charge in [0.1, 0.15) is 5.60 Å². The molecule has 0 aromatic carbocycles. The van der Waals surface area contributed by atoms with Crippen molar-refractivity contribution in [1.29, 1.82) is 0 Å². The molecule has 0 spiro atoms. The Bertz CT molecular complexity index is 491. The lowest BCUT2D eigenvalue weighted by Gasteiger charge is -2.20. The number of nitrogens with one attached hydrogen (secondary N) is 1. The fourth-order valence-electron chi connectivity index (χ4n) is 2.45. The third-order valence-electron chi connectivity index (χ3n) is 3.69. The molecule has 0 radical (unpaired) electrons. The summed E-state index contributed by atoms with van der Waals surface area (Å²) < 4.78 is 21.9. The number of hydrogen-bond acceptors (Lipinski definition) is 6. The van der Waals surface area contributed by atoms with E-state index in [0.29, 0.717) is 4.83 Å². The standard InChI is InChI=1S/C18H35N2O7P/c1-7-9-15(10-8-2)13-25-16(21)14(3)20(28(23)24)26-12-11-19-17(22)27-18(4,5)6/h14-15H,7-13H2,1-6H3,(H-,19,22,23,24)/p+1/t14-/m0/s1. The van der Waals surface area contributed by atoms with Crippen LogP contribution in [0.2, 0.25) is 0 Å². The third kappa shape index (κ3) is 12.2. The molecule has 0 aliphatic carbocycles. The second-order valence-corrected chi connectivity index (χ2v) is 8.47. The van der Waals surface area contributed by atoms with Crippen molar-refractivity contribution >= 4 is 20.2 Å². The van der Waals surface area contributed by atoms with E-state index in [1.165, 1.54) is 6.92 Å². The summed E-state index contributed by atoms with van der Waals surface area (Å²) in [6, 6.07) is -1.06. The zero-order valence-electron chi connectivity index (χ0n) is 17.9. The van der Waals surface area contributed by atoms with Gasteiger partial charge in [0, 0.05) is 6.54 Å². The number of amides is 1. The average Bonchev–Trinajstić information content (AvgIpc) is 2.57. The molecule has 0 bridgehead atoms. The topological polar surface area (TPSA) is 114 Å². The lowest BCUT2D eigenvalue weighted by molar-refractivity contribution is -0.168. The number of carbonyl (C=O) groups excluding carboxylic acids is 2. The van der Waals surface area contributed by atoms with Crippen molar-refractivity contribution in [2.75, 3.05) is 19.8 Å².